The monoisotopic (exact) mass is 309 g/mol. The molecule has 0 aliphatic heterocycles. The first kappa shape index (κ1) is 14.5. The van der Waals surface area contributed by atoms with Crippen LogP contribution in [0.1, 0.15) is 16.8 Å². The van der Waals surface area contributed by atoms with Crippen molar-refractivity contribution in [3.05, 3.63) is 46.4 Å². The summed E-state index contributed by atoms with van der Waals surface area (Å²) in [5.74, 6) is -0.417. The molecule has 0 saturated carbocycles. The second-order valence-electron chi connectivity index (χ2n) is 3.90. The number of rotatable bonds is 5. The lowest BCUT2D eigenvalue weighted by Gasteiger charge is -2.05. The number of benzene rings is 1. The SMILES string of the molecule is O=C(CCNC(=O)c1ccc(Cl)cc1)Nc1nccs1. The maximum Gasteiger partial charge on any atom is 0.251 e. The normalized spacial score (nSPS) is 10.1. The molecule has 2 N–H and O–H groups in total. The third kappa shape index (κ3) is 4.32. The van der Waals surface area contributed by atoms with E-state index in [0.29, 0.717) is 15.7 Å². The molecule has 5 nitrogen and oxygen atoms in total. The van der Waals surface area contributed by atoms with E-state index in [9.17, 15) is 9.59 Å². The van der Waals surface area contributed by atoms with Crippen LogP contribution in [-0.2, 0) is 4.79 Å². The van der Waals surface area contributed by atoms with Gasteiger partial charge in [-0.1, -0.05) is 11.6 Å². The highest BCUT2D eigenvalue weighted by molar-refractivity contribution is 7.13. The molecule has 0 radical (unpaired) electrons. The lowest BCUT2D eigenvalue weighted by Crippen LogP contribution is -2.27. The zero-order chi connectivity index (χ0) is 14.4. The van der Waals surface area contributed by atoms with E-state index >= 15 is 0 Å². The van der Waals surface area contributed by atoms with Crippen LogP contribution in [0.2, 0.25) is 5.02 Å². The quantitative estimate of drug-likeness (QED) is 0.891. The molecule has 0 aliphatic carbocycles. The van der Waals surface area contributed by atoms with Gasteiger partial charge in [0.1, 0.15) is 0 Å². The number of nitrogens with zero attached hydrogens (tertiary/aromatic N) is 1. The summed E-state index contributed by atoms with van der Waals surface area (Å²) in [7, 11) is 0. The third-order valence-electron chi connectivity index (χ3n) is 2.42. The maximum atomic E-state index is 11.8. The third-order valence-corrected chi connectivity index (χ3v) is 3.36. The number of nitrogens with one attached hydrogen (secondary N) is 2. The molecule has 0 saturated heterocycles. The summed E-state index contributed by atoms with van der Waals surface area (Å²) in [5, 5.41) is 8.22. The van der Waals surface area contributed by atoms with Gasteiger partial charge in [0.05, 0.1) is 0 Å². The molecule has 0 fully saturated rings. The van der Waals surface area contributed by atoms with Crippen LogP contribution in [0, 0.1) is 0 Å². The zero-order valence-corrected chi connectivity index (χ0v) is 12.0. The molecule has 0 aliphatic rings. The van der Waals surface area contributed by atoms with Crippen LogP contribution in [0.25, 0.3) is 0 Å². The Morgan fingerprint density at radius 1 is 1.25 bits per heavy atom. The van der Waals surface area contributed by atoms with E-state index in [1.54, 1.807) is 35.8 Å². The molecular formula is C13H12ClN3O2S. The average Bonchev–Trinajstić information content (AvgIpc) is 2.92. The fourth-order valence-electron chi connectivity index (χ4n) is 1.46. The van der Waals surface area contributed by atoms with E-state index in [4.69, 9.17) is 11.6 Å². The lowest BCUT2D eigenvalue weighted by molar-refractivity contribution is -0.116. The largest absolute Gasteiger partial charge is 0.352 e. The molecule has 0 spiro atoms. The first-order chi connectivity index (χ1) is 9.65. The molecule has 0 atom stereocenters. The molecule has 2 amide bonds. The van der Waals surface area contributed by atoms with Crippen LogP contribution in [0.3, 0.4) is 0 Å². The smallest absolute Gasteiger partial charge is 0.251 e. The number of halogens is 1. The minimum atomic E-state index is -0.233. The van der Waals surface area contributed by atoms with Gasteiger partial charge in [-0.2, -0.15) is 0 Å². The Labute approximate surface area is 125 Å². The Balaban J connectivity index is 1.74. The highest BCUT2D eigenvalue weighted by Crippen LogP contribution is 2.10. The molecule has 1 heterocycles. The molecule has 2 aromatic rings. The van der Waals surface area contributed by atoms with Crippen molar-refractivity contribution in [3.63, 3.8) is 0 Å². The summed E-state index contributed by atoms with van der Waals surface area (Å²) in [5.41, 5.74) is 0.509. The molecule has 1 aromatic carbocycles. The van der Waals surface area contributed by atoms with Crippen LogP contribution >= 0.6 is 22.9 Å². The zero-order valence-electron chi connectivity index (χ0n) is 10.4. The van der Waals surface area contributed by atoms with Crippen molar-refractivity contribution in [2.24, 2.45) is 0 Å². The number of carbonyl (C=O) groups excluding carboxylic acids is 2. The molecular weight excluding hydrogens is 298 g/mol. The van der Waals surface area contributed by atoms with Crippen LogP contribution in [-0.4, -0.2) is 23.3 Å². The van der Waals surface area contributed by atoms with Gasteiger partial charge in [0.25, 0.3) is 5.91 Å². The summed E-state index contributed by atoms with van der Waals surface area (Å²) >= 11 is 7.09. The summed E-state index contributed by atoms with van der Waals surface area (Å²) in [4.78, 5) is 27.3. The number of hydrogen-bond acceptors (Lipinski definition) is 4. The molecule has 0 bridgehead atoms. The fraction of sp³-hybridized carbons (Fsp3) is 0.154. The number of aromatic nitrogens is 1. The van der Waals surface area contributed by atoms with Crippen molar-refractivity contribution in [2.75, 3.05) is 11.9 Å². The minimum Gasteiger partial charge on any atom is -0.352 e. The second-order valence-corrected chi connectivity index (χ2v) is 5.23. The molecule has 20 heavy (non-hydrogen) atoms. The van der Waals surface area contributed by atoms with Gasteiger partial charge in [-0.15, -0.1) is 11.3 Å². The standard InChI is InChI=1S/C13H12ClN3O2S/c14-10-3-1-9(2-4-10)12(19)15-6-5-11(18)17-13-16-7-8-20-13/h1-4,7-8H,5-6H2,(H,15,19)(H,16,17,18). The second kappa shape index (κ2) is 7.02. The van der Waals surface area contributed by atoms with Crippen molar-refractivity contribution in [1.82, 2.24) is 10.3 Å². The van der Waals surface area contributed by atoms with Crippen molar-refractivity contribution in [2.45, 2.75) is 6.42 Å². The van der Waals surface area contributed by atoms with Crippen LogP contribution < -0.4 is 10.6 Å². The van der Waals surface area contributed by atoms with Crippen LogP contribution in [0.4, 0.5) is 5.13 Å². The summed E-state index contributed by atoms with van der Waals surface area (Å²) in [6, 6.07) is 6.55. The van der Waals surface area contributed by atoms with Gasteiger partial charge in [-0.3, -0.25) is 9.59 Å². The van der Waals surface area contributed by atoms with Gasteiger partial charge >= 0.3 is 0 Å². The van der Waals surface area contributed by atoms with Crippen molar-refractivity contribution < 1.29 is 9.59 Å². The predicted molar refractivity (Wildman–Crippen MR) is 79.1 cm³/mol. The predicted octanol–water partition coefficient (Wildman–Crippen LogP) is 2.56. The van der Waals surface area contributed by atoms with Gasteiger partial charge in [0.15, 0.2) is 5.13 Å². The Bertz CT molecular complexity index is 584. The van der Waals surface area contributed by atoms with Gasteiger partial charge < -0.3 is 10.6 Å². The Morgan fingerprint density at radius 3 is 2.65 bits per heavy atom. The van der Waals surface area contributed by atoms with E-state index < -0.39 is 0 Å². The number of anilines is 1. The summed E-state index contributed by atoms with van der Waals surface area (Å²) in [6.07, 6.45) is 1.81. The number of hydrogen-bond donors (Lipinski definition) is 2. The highest BCUT2D eigenvalue weighted by Gasteiger charge is 2.07. The summed E-state index contributed by atoms with van der Waals surface area (Å²) < 4.78 is 0. The first-order valence-corrected chi connectivity index (χ1v) is 7.14. The fourth-order valence-corrected chi connectivity index (χ4v) is 2.13. The van der Waals surface area contributed by atoms with Crippen molar-refractivity contribution >= 4 is 39.9 Å². The number of carbonyl (C=O) groups is 2. The van der Waals surface area contributed by atoms with Crippen LogP contribution in [0.15, 0.2) is 35.8 Å². The van der Waals surface area contributed by atoms with Gasteiger partial charge in [0.2, 0.25) is 5.91 Å². The van der Waals surface area contributed by atoms with E-state index in [2.05, 4.69) is 15.6 Å². The lowest BCUT2D eigenvalue weighted by atomic mass is 10.2. The van der Waals surface area contributed by atoms with Crippen LogP contribution in [0.5, 0.6) is 0 Å². The van der Waals surface area contributed by atoms with Crippen molar-refractivity contribution in [3.8, 4) is 0 Å². The van der Waals surface area contributed by atoms with E-state index in [0.717, 1.165) is 0 Å². The van der Waals surface area contributed by atoms with E-state index in [1.807, 2.05) is 0 Å². The van der Waals surface area contributed by atoms with E-state index in [1.165, 1.54) is 11.3 Å². The van der Waals surface area contributed by atoms with Gasteiger partial charge in [-0.05, 0) is 24.3 Å². The maximum absolute atomic E-state index is 11.8. The average molecular weight is 310 g/mol. The Morgan fingerprint density at radius 2 is 2.00 bits per heavy atom. The number of amides is 2. The topological polar surface area (TPSA) is 71.1 Å². The highest BCUT2D eigenvalue weighted by atomic mass is 35.5. The molecule has 0 unspecified atom stereocenters. The van der Waals surface area contributed by atoms with Crippen molar-refractivity contribution in [1.29, 1.82) is 0 Å². The summed E-state index contributed by atoms with van der Waals surface area (Å²) in [6.45, 7) is 0.263. The first-order valence-electron chi connectivity index (χ1n) is 5.88. The molecule has 7 heteroatoms. The Kier molecular flexibility index (Phi) is 5.09. The molecule has 1 aromatic heterocycles. The van der Waals surface area contributed by atoms with Gasteiger partial charge in [-0.25, -0.2) is 4.98 Å². The van der Waals surface area contributed by atoms with Gasteiger partial charge in [0, 0.05) is 35.1 Å². The minimum absolute atomic E-state index is 0.184. The Hall–Kier alpha value is -1.92. The van der Waals surface area contributed by atoms with E-state index in [-0.39, 0.29) is 24.8 Å². The molecule has 2 rings (SSSR count). The number of thiazole rings is 1. The molecule has 104 valence electrons.